The second kappa shape index (κ2) is 8.00. The van der Waals surface area contributed by atoms with Gasteiger partial charge in [0.1, 0.15) is 12.4 Å². The monoisotopic (exact) mass is 295 g/mol. The zero-order valence-electron chi connectivity index (χ0n) is 11.6. The minimum absolute atomic E-state index is 0.487. The lowest BCUT2D eigenvalue weighted by atomic mass is 9.96. The summed E-state index contributed by atoms with van der Waals surface area (Å²) in [5, 5.41) is 3.95. The number of hydrogen-bond donors (Lipinski definition) is 2. The van der Waals surface area contributed by atoms with Crippen molar-refractivity contribution in [3.8, 4) is 5.75 Å². The number of halogens is 1. The van der Waals surface area contributed by atoms with Gasteiger partial charge in [-0.25, -0.2) is 4.99 Å². The smallest absolute Gasteiger partial charge is 0.188 e. The first-order chi connectivity index (χ1) is 9.74. The summed E-state index contributed by atoms with van der Waals surface area (Å²) >= 11 is 5.88. The molecule has 1 aliphatic carbocycles. The molecule has 5 heteroatoms. The largest absolute Gasteiger partial charge is 0.492 e. The Kier molecular flexibility index (Phi) is 5.99. The van der Waals surface area contributed by atoms with Crippen LogP contribution in [0.2, 0.25) is 5.02 Å². The highest BCUT2D eigenvalue weighted by Crippen LogP contribution is 2.17. The number of benzene rings is 1. The zero-order chi connectivity index (χ0) is 14.2. The number of ether oxygens (including phenoxy) is 1. The molecule has 0 heterocycles. The van der Waals surface area contributed by atoms with Crippen molar-refractivity contribution >= 4 is 17.6 Å². The van der Waals surface area contributed by atoms with Gasteiger partial charge in [-0.2, -0.15) is 0 Å². The van der Waals surface area contributed by atoms with Crippen LogP contribution < -0.4 is 15.8 Å². The van der Waals surface area contributed by atoms with Gasteiger partial charge in [-0.1, -0.05) is 36.9 Å². The molecule has 0 amide bonds. The maximum Gasteiger partial charge on any atom is 0.188 e. The van der Waals surface area contributed by atoms with Crippen molar-refractivity contribution in [1.82, 2.24) is 5.32 Å². The van der Waals surface area contributed by atoms with E-state index in [1.165, 1.54) is 32.1 Å². The van der Waals surface area contributed by atoms with Crippen molar-refractivity contribution in [2.24, 2.45) is 10.7 Å². The number of hydrogen-bond acceptors (Lipinski definition) is 2. The normalized spacial score (nSPS) is 16.9. The number of nitrogens with two attached hydrogens (primary N) is 1. The first-order valence-corrected chi connectivity index (χ1v) is 7.56. The van der Waals surface area contributed by atoms with E-state index in [1.54, 1.807) is 6.07 Å². The molecule has 0 aliphatic heterocycles. The highest BCUT2D eigenvalue weighted by molar-refractivity contribution is 6.30. The number of guanidine groups is 1. The molecule has 1 saturated carbocycles. The summed E-state index contributed by atoms with van der Waals surface area (Å²) in [6.45, 7) is 1.03. The highest BCUT2D eigenvalue weighted by Gasteiger charge is 2.12. The van der Waals surface area contributed by atoms with E-state index in [0.717, 1.165) is 5.75 Å². The average Bonchev–Trinajstić information content (AvgIpc) is 2.45. The molecule has 2 rings (SSSR count). The van der Waals surface area contributed by atoms with E-state index < -0.39 is 0 Å². The van der Waals surface area contributed by atoms with Gasteiger partial charge >= 0.3 is 0 Å². The third kappa shape index (κ3) is 5.29. The van der Waals surface area contributed by atoms with Gasteiger partial charge in [0.2, 0.25) is 0 Å². The van der Waals surface area contributed by atoms with Gasteiger partial charge in [-0.3, -0.25) is 0 Å². The van der Waals surface area contributed by atoms with Crippen LogP contribution in [0.4, 0.5) is 0 Å². The molecule has 110 valence electrons. The Bertz CT molecular complexity index is 444. The summed E-state index contributed by atoms with van der Waals surface area (Å²) in [7, 11) is 0. The second-order valence-electron chi connectivity index (χ2n) is 5.05. The predicted molar refractivity (Wildman–Crippen MR) is 83.4 cm³/mol. The van der Waals surface area contributed by atoms with Crippen LogP contribution in [0.25, 0.3) is 0 Å². The molecule has 1 aromatic carbocycles. The van der Waals surface area contributed by atoms with Crippen LogP contribution >= 0.6 is 11.6 Å². The van der Waals surface area contributed by atoms with Crippen LogP contribution in [0, 0.1) is 0 Å². The summed E-state index contributed by atoms with van der Waals surface area (Å²) in [5.74, 6) is 1.28. The van der Waals surface area contributed by atoms with Crippen LogP contribution in [-0.4, -0.2) is 25.2 Å². The Morgan fingerprint density at radius 2 is 2.15 bits per heavy atom. The molecular formula is C15H22ClN3O. The van der Waals surface area contributed by atoms with Gasteiger partial charge in [0.05, 0.1) is 6.54 Å². The standard InChI is InChI=1S/C15H22ClN3O/c16-12-5-4-8-14(11-12)20-10-9-18-15(17)19-13-6-2-1-3-7-13/h4-5,8,11,13H,1-3,6-7,9-10H2,(H3,17,18,19). The van der Waals surface area contributed by atoms with Crippen molar-refractivity contribution in [2.45, 2.75) is 38.1 Å². The molecule has 0 unspecified atom stereocenters. The number of nitrogens with one attached hydrogen (secondary N) is 1. The maximum atomic E-state index is 5.88. The topological polar surface area (TPSA) is 59.6 Å². The van der Waals surface area contributed by atoms with Crippen LogP contribution in [0.15, 0.2) is 29.3 Å². The molecule has 20 heavy (non-hydrogen) atoms. The van der Waals surface area contributed by atoms with Gasteiger partial charge in [0.15, 0.2) is 5.96 Å². The van der Waals surface area contributed by atoms with E-state index in [9.17, 15) is 0 Å². The molecule has 3 N–H and O–H groups in total. The molecular weight excluding hydrogens is 274 g/mol. The Labute approximate surface area is 125 Å². The molecule has 4 nitrogen and oxygen atoms in total. The fraction of sp³-hybridized carbons (Fsp3) is 0.533. The minimum atomic E-state index is 0.487. The van der Waals surface area contributed by atoms with Gasteiger partial charge in [-0.05, 0) is 31.0 Å². The molecule has 1 aliphatic rings. The predicted octanol–water partition coefficient (Wildman–Crippen LogP) is 2.96. The van der Waals surface area contributed by atoms with Crippen molar-refractivity contribution in [3.05, 3.63) is 29.3 Å². The quantitative estimate of drug-likeness (QED) is 0.499. The third-order valence-electron chi connectivity index (χ3n) is 3.40. The molecule has 0 atom stereocenters. The molecule has 0 radical (unpaired) electrons. The van der Waals surface area contributed by atoms with E-state index in [4.69, 9.17) is 22.1 Å². The summed E-state index contributed by atoms with van der Waals surface area (Å²) in [6, 6.07) is 7.83. The minimum Gasteiger partial charge on any atom is -0.492 e. The highest BCUT2D eigenvalue weighted by atomic mass is 35.5. The fourth-order valence-electron chi connectivity index (χ4n) is 2.39. The Morgan fingerprint density at radius 1 is 1.35 bits per heavy atom. The summed E-state index contributed by atoms with van der Waals surface area (Å²) in [5.41, 5.74) is 5.87. The summed E-state index contributed by atoms with van der Waals surface area (Å²) in [6.07, 6.45) is 6.28. The van der Waals surface area contributed by atoms with Gasteiger partial charge in [0.25, 0.3) is 0 Å². The van der Waals surface area contributed by atoms with Crippen LogP contribution in [0.1, 0.15) is 32.1 Å². The molecule has 0 bridgehead atoms. The van der Waals surface area contributed by atoms with E-state index in [0.29, 0.717) is 30.2 Å². The van der Waals surface area contributed by atoms with Crippen molar-refractivity contribution < 1.29 is 4.74 Å². The van der Waals surface area contributed by atoms with E-state index in [2.05, 4.69) is 10.3 Å². The van der Waals surface area contributed by atoms with Crippen molar-refractivity contribution in [3.63, 3.8) is 0 Å². The van der Waals surface area contributed by atoms with Crippen LogP contribution in [0.5, 0.6) is 5.75 Å². The number of nitrogens with zero attached hydrogens (tertiary/aromatic N) is 1. The Balaban J connectivity index is 1.67. The first-order valence-electron chi connectivity index (χ1n) is 7.19. The molecule has 0 aromatic heterocycles. The lowest BCUT2D eigenvalue weighted by Crippen LogP contribution is -2.41. The van der Waals surface area contributed by atoms with E-state index in [-0.39, 0.29) is 0 Å². The van der Waals surface area contributed by atoms with E-state index >= 15 is 0 Å². The number of aliphatic imine (C=N–C) groups is 1. The van der Waals surface area contributed by atoms with E-state index in [1.807, 2.05) is 18.2 Å². The van der Waals surface area contributed by atoms with Gasteiger partial charge in [-0.15, -0.1) is 0 Å². The average molecular weight is 296 g/mol. The SMILES string of the molecule is NC(=NCCOc1cccc(Cl)c1)NC1CCCCC1. The number of rotatable bonds is 5. The molecule has 0 saturated heterocycles. The first kappa shape index (κ1) is 15.0. The lowest BCUT2D eigenvalue weighted by Gasteiger charge is -2.23. The Hall–Kier alpha value is -1.42. The van der Waals surface area contributed by atoms with Crippen LogP contribution in [-0.2, 0) is 0 Å². The van der Waals surface area contributed by atoms with Gasteiger partial charge < -0.3 is 15.8 Å². The third-order valence-corrected chi connectivity index (χ3v) is 3.63. The zero-order valence-corrected chi connectivity index (χ0v) is 12.4. The van der Waals surface area contributed by atoms with Gasteiger partial charge in [0, 0.05) is 11.1 Å². The fourth-order valence-corrected chi connectivity index (χ4v) is 2.57. The maximum absolute atomic E-state index is 5.88. The lowest BCUT2D eigenvalue weighted by molar-refractivity contribution is 0.328. The van der Waals surface area contributed by atoms with Crippen molar-refractivity contribution in [1.29, 1.82) is 0 Å². The second-order valence-corrected chi connectivity index (χ2v) is 5.49. The van der Waals surface area contributed by atoms with Crippen LogP contribution in [0.3, 0.4) is 0 Å². The van der Waals surface area contributed by atoms with Crippen molar-refractivity contribution in [2.75, 3.05) is 13.2 Å². The summed E-state index contributed by atoms with van der Waals surface area (Å²) in [4.78, 5) is 4.28. The molecule has 0 spiro atoms. The Morgan fingerprint density at radius 3 is 2.90 bits per heavy atom. The molecule has 1 aromatic rings. The molecule has 1 fully saturated rings. The summed E-state index contributed by atoms with van der Waals surface area (Å²) < 4.78 is 5.55.